The molecule has 5 nitrogen and oxygen atoms in total. The number of hydrogen-bond donors (Lipinski definition) is 4. The molecule has 0 aliphatic rings. The molecule has 0 bridgehead atoms. The molecule has 6 heteroatoms. The van der Waals surface area contributed by atoms with Crippen molar-refractivity contribution in [3.05, 3.63) is 101 Å². The lowest BCUT2D eigenvalue weighted by Gasteiger charge is -2.17. The zero-order chi connectivity index (χ0) is 21.6. The minimum absolute atomic E-state index is 0.0543. The number of aromatic amines is 1. The summed E-state index contributed by atoms with van der Waals surface area (Å²) in [5, 5.41) is 8.15. The number of carbonyl (C=O) groups is 1. The highest BCUT2D eigenvalue weighted by atomic mass is 35.5. The first-order valence-corrected chi connectivity index (χ1v) is 10.6. The van der Waals surface area contributed by atoms with Crippen molar-refractivity contribution in [2.45, 2.75) is 19.0 Å². The smallest absolute Gasteiger partial charge is 0.234 e. The Morgan fingerprint density at radius 1 is 0.968 bits per heavy atom. The van der Waals surface area contributed by atoms with E-state index in [2.05, 4.69) is 27.8 Å². The van der Waals surface area contributed by atoms with E-state index in [0.29, 0.717) is 18.0 Å². The Morgan fingerprint density at radius 3 is 2.32 bits per heavy atom. The summed E-state index contributed by atoms with van der Waals surface area (Å²) in [6, 6.07) is 25.9. The average Bonchev–Trinajstić information content (AvgIpc) is 3.22. The third-order valence-electron chi connectivity index (χ3n) is 5.22. The van der Waals surface area contributed by atoms with Crippen molar-refractivity contribution in [1.82, 2.24) is 10.3 Å². The van der Waals surface area contributed by atoms with Crippen molar-refractivity contribution in [2.75, 3.05) is 11.9 Å². The molecule has 0 fully saturated rings. The van der Waals surface area contributed by atoms with Crippen molar-refractivity contribution < 1.29 is 4.79 Å². The van der Waals surface area contributed by atoms with Crippen molar-refractivity contribution in [3.63, 3.8) is 0 Å². The van der Waals surface area contributed by atoms with E-state index in [1.807, 2.05) is 66.7 Å². The van der Waals surface area contributed by atoms with Gasteiger partial charge in [-0.2, -0.15) is 0 Å². The minimum atomic E-state index is -0.230. The zero-order valence-corrected chi connectivity index (χ0v) is 17.8. The SMILES string of the molecule is NCC(=O)N[C@H](Cc1ccccc1)c1cc2cc(Cl)cc(NCc3ccccc3)c2[nH]1. The number of H-pyrrole nitrogens is 1. The van der Waals surface area contributed by atoms with E-state index in [-0.39, 0.29) is 18.5 Å². The molecule has 0 aliphatic carbocycles. The van der Waals surface area contributed by atoms with Gasteiger partial charge in [0.2, 0.25) is 5.91 Å². The van der Waals surface area contributed by atoms with Crippen molar-refractivity contribution >= 4 is 34.1 Å². The fraction of sp³-hybridized carbons (Fsp3) is 0.160. The standard InChI is InChI=1S/C25H25ClN4O/c26-20-12-19-13-22(21(29-24(31)15-27)11-17-7-3-1-4-8-17)30-25(19)23(14-20)28-16-18-9-5-2-6-10-18/h1-10,12-14,21,28,30H,11,15-16,27H2,(H,29,31)/t21-/m1/s1. The van der Waals surface area contributed by atoms with Gasteiger partial charge in [-0.05, 0) is 35.7 Å². The van der Waals surface area contributed by atoms with E-state index in [9.17, 15) is 4.79 Å². The van der Waals surface area contributed by atoms with Crippen LogP contribution in [0.15, 0.2) is 78.9 Å². The maximum Gasteiger partial charge on any atom is 0.234 e. The van der Waals surface area contributed by atoms with E-state index < -0.39 is 0 Å². The lowest BCUT2D eigenvalue weighted by atomic mass is 10.0. The molecule has 0 saturated carbocycles. The molecule has 1 aromatic heterocycles. The third kappa shape index (κ3) is 5.26. The second kappa shape index (κ2) is 9.69. The molecule has 31 heavy (non-hydrogen) atoms. The van der Waals surface area contributed by atoms with Gasteiger partial charge < -0.3 is 21.4 Å². The van der Waals surface area contributed by atoms with Crippen LogP contribution >= 0.6 is 11.6 Å². The molecular formula is C25H25ClN4O. The topological polar surface area (TPSA) is 82.9 Å². The van der Waals surface area contributed by atoms with E-state index in [0.717, 1.165) is 27.8 Å². The van der Waals surface area contributed by atoms with Crippen molar-refractivity contribution in [1.29, 1.82) is 0 Å². The number of benzene rings is 3. The predicted octanol–water partition coefficient (Wildman–Crippen LogP) is 4.79. The van der Waals surface area contributed by atoms with Crippen LogP contribution in [0, 0.1) is 0 Å². The largest absolute Gasteiger partial charge is 0.379 e. The van der Waals surface area contributed by atoms with E-state index in [1.165, 1.54) is 5.56 Å². The van der Waals surface area contributed by atoms with Gasteiger partial charge in [-0.25, -0.2) is 0 Å². The second-order valence-electron chi connectivity index (χ2n) is 7.50. The fourth-order valence-corrected chi connectivity index (χ4v) is 3.92. The van der Waals surface area contributed by atoms with Crippen LogP contribution < -0.4 is 16.4 Å². The highest BCUT2D eigenvalue weighted by Gasteiger charge is 2.18. The Hall–Kier alpha value is -3.28. The Bertz CT molecular complexity index is 1160. The molecule has 0 saturated heterocycles. The average molecular weight is 433 g/mol. The van der Waals surface area contributed by atoms with Crippen LogP contribution in [-0.4, -0.2) is 17.4 Å². The number of carbonyl (C=O) groups excluding carboxylic acids is 1. The Kier molecular flexibility index (Phi) is 6.55. The predicted molar refractivity (Wildman–Crippen MR) is 127 cm³/mol. The van der Waals surface area contributed by atoms with Gasteiger partial charge in [0.1, 0.15) is 0 Å². The summed E-state index contributed by atoms with van der Waals surface area (Å²) in [7, 11) is 0. The van der Waals surface area contributed by atoms with E-state index in [1.54, 1.807) is 0 Å². The number of halogens is 1. The lowest BCUT2D eigenvalue weighted by Crippen LogP contribution is -2.34. The molecular weight excluding hydrogens is 408 g/mol. The number of nitrogens with one attached hydrogen (secondary N) is 3. The molecule has 1 heterocycles. The number of hydrogen-bond acceptors (Lipinski definition) is 3. The highest BCUT2D eigenvalue weighted by Crippen LogP contribution is 2.31. The first-order chi connectivity index (χ1) is 15.1. The van der Waals surface area contributed by atoms with Gasteiger partial charge in [0, 0.05) is 22.6 Å². The molecule has 0 radical (unpaired) electrons. The summed E-state index contributed by atoms with van der Waals surface area (Å²) in [4.78, 5) is 15.6. The van der Waals surface area contributed by atoms with Gasteiger partial charge in [-0.15, -0.1) is 0 Å². The van der Waals surface area contributed by atoms with Crippen LogP contribution in [0.3, 0.4) is 0 Å². The van der Waals surface area contributed by atoms with Gasteiger partial charge in [-0.1, -0.05) is 72.3 Å². The van der Waals surface area contributed by atoms with Crippen molar-refractivity contribution in [3.8, 4) is 0 Å². The molecule has 3 aromatic carbocycles. The second-order valence-corrected chi connectivity index (χ2v) is 7.93. The number of aromatic nitrogens is 1. The number of anilines is 1. The molecule has 0 spiro atoms. The minimum Gasteiger partial charge on any atom is -0.379 e. The first kappa shape index (κ1) is 21.0. The van der Waals surface area contributed by atoms with Gasteiger partial charge >= 0.3 is 0 Å². The Balaban J connectivity index is 1.65. The number of amides is 1. The molecule has 0 aliphatic heterocycles. The summed E-state index contributed by atoms with van der Waals surface area (Å²) >= 11 is 6.39. The molecule has 0 unspecified atom stereocenters. The van der Waals surface area contributed by atoms with Gasteiger partial charge in [-0.3, -0.25) is 4.79 Å². The Morgan fingerprint density at radius 2 is 1.65 bits per heavy atom. The summed E-state index contributed by atoms with van der Waals surface area (Å²) in [5.74, 6) is -0.194. The van der Waals surface area contributed by atoms with Crippen LogP contribution in [0.2, 0.25) is 5.02 Å². The molecule has 4 rings (SSSR count). The van der Waals surface area contributed by atoms with Gasteiger partial charge in [0.25, 0.3) is 0 Å². The Labute approximate surface area is 186 Å². The van der Waals surface area contributed by atoms with Gasteiger partial charge in [0.15, 0.2) is 0 Å². The summed E-state index contributed by atoms with van der Waals surface area (Å²) in [6.07, 6.45) is 0.653. The fourth-order valence-electron chi connectivity index (χ4n) is 3.69. The third-order valence-corrected chi connectivity index (χ3v) is 5.44. The monoisotopic (exact) mass is 432 g/mol. The maximum absolute atomic E-state index is 12.1. The van der Waals surface area contributed by atoms with Crippen LogP contribution in [0.5, 0.6) is 0 Å². The van der Waals surface area contributed by atoms with Crippen LogP contribution in [-0.2, 0) is 17.8 Å². The summed E-state index contributed by atoms with van der Waals surface area (Å²) in [6.45, 7) is 0.628. The lowest BCUT2D eigenvalue weighted by molar-refractivity contribution is -0.120. The van der Waals surface area contributed by atoms with Gasteiger partial charge in [0.05, 0.1) is 23.8 Å². The summed E-state index contributed by atoms with van der Waals surface area (Å²) < 4.78 is 0. The quantitative estimate of drug-likeness (QED) is 0.323. The first-order valence-electron chi connectivity index (χ1n) is 10.3. The highest BCUT2D eigenvalue weighted by molar-refractivity contribution is 6.31. The zero-order valence-electron chi connectivity index (χ0n) is 17.1. The van der Waals surface area contributed by atoms with Crippen LogP contribution in [0.4, 0.5) is 5.69 Å². The molecule has 158 valence electrons. The molecule has 1 atom stereocenters. The molecule has 4 aromatic rings. The number of rotatable bonds is 8. The van der Waals surface area contributed by atoms with Crippen LogP contribution in [0.1, 0.15) is 22.9 Å². The normalized spacial score (nSPS) is 11.9. The van der Waals surface area contributed by atoms with Crippen LogP contribution in [0.25, 0.3) is 10.9 Å². The molecule has 5 N–H and O–H groups in total. The van der Waals surface area contributed by atoms with Crippen molar-refractivity contribution in [2.24, 2.45) is 5.73 Å². The van der Waals surface area contributed by atoms with E-state index in [4.69, 9.17) is 17.3 Å². The van der Waals surface area contributed by atoms with E-state index >= 15 is 0 Å². The number of fused-ring (bicyclic) bond motifs is 1. The summed E-state index contributed by atoms with van der Waals surface area (Å²) in [5.41, 5.74) is 10.6. The number of nitrogens with two attached hydrogens (primary N) is 1. The molecule has 1 amide bonds. The maximum atomic E-state index is 12.1.